The molecular weight excluding hydrogens is 358 g/mol. The molecule has 0 aliphatic carbocycles. The lowest BCUT2D eigenvalue weighted by Crippen LogP contribution is -2.28. The van der Waals surface area contributed by atoms with Crippen LogP contribution in [0.15, 0.2) is 67.3 Å². The molecule has 3 aromatic rings. The Kier molecular flexibility index (Phi) is 5.59. The number of hydrogen-bond donors (Lipinski definition) is 0. The SMILES string of the molecule is CC(c1ccc(-n2cncn2)cc1)N(C)C(=O)/C=C/c1ccccc1[N+](=O)[O-]. The largest absolute Gasteiger partial charge is 0.335 e. The number of benzene rings is 2. The van der Waals surface area contributed by atoms with Crippen molar-refractivity contribution in [2.75, 3.05) is 7.05 Å². The van der Waals surface area contributed by atoms with Crippen LogP contribution in [0, 0.1) is 10.1 Å². The molecule has 28 heavy (non-hydrogen) atoms. The van der Waals surface area contributed by atoms with Crippen molar-refractivity contribution in [3.05, 3.63) is 88.5 Å². The molecule has 0 fully saturated rings. The Labute approximate surface area is 161 Å². The van der Waals surface area contributed by atoms with E-state index in [0.717, 1.165) is 11.3 Å². The van der Waals surface area contributed by atoms with Gasteiger partial charge in [-0.25, -0.2) is 9.67 Å². The molecule has 1 unspecified atom stereocenters. The minimum atomic E-state index is -0.465. The summed E-state index contributed by atoms with van der Waals surface area (Å²) in [5.41, 5.74) is 2.18. The van der Waals surface area contributed by atoms with Crippen LogP contribution in [-0.4, -0.2) is 37.5 Å². The maximum atomic E-state index is 12.5. The molecule has 0 saturated heterocycles. The maximum absolute atomic E-state index is 12.5. The van der Waals surface area contributed by atoms with Crippen LogP contribution in [0.5, 0.6) is 0 Å². The van der Waals surface area contributed by atoms with Crippen molar-refractivity contribution in [3.8, 4) is 5.69 Å². The number of nitro groups is 1. The third-order valence-corrected chi connectivity index (χ3v) is 4.53. The lowest BCUT2D eigenvalue weighted by molar-refractivity contribution is -0.385. The molecule has 0 aliphatic rings. The van der Waals surface area contributed by atoms with Crippen molar-refractivity contribution in [1.82, 2.24) is 19.7 Å². The molecular formula is C20H19N5O3. The Morgan fingerprint density at radius 3 is 2.57 bits per heavy atom. The number of nitro benzene ring substituents is 1. The predicted octanol–water partition coefficient (Wildman–Crippen LogP) is 3.41. The summed E-state index contributed by atoms with van der Waals surface area (Å²) in [5.74, 6) is -0.244. The zero-order chi connectivity index (χ0) is 20.1. The van der Waals surface area contributed by atoms with Gasteiger partial charge in [-0.15, -0.1) is 0 Å². The van der Waals surface area contributed by atoms with Gasteiger partial charge in [0.2, 0.25) is 5.91 Å². The van der Waals surface area contributed by atoms with E-state index >= 15 is 0 Å². The number of likely N-dealkylation sites (N-methyl/N-ethyl adjacent to an activating group) is 1. The zero-order valence-electron chi connectivity index (χ0n) is 15.5. The van der Waals surface area contributed by atoms with Crippen molar-refractivity contribution in [2.45, 2.75) is 13.0 Å². The Hall–Kier alpha value is -3.81. The molecule has 0 N–H and O–H groups in total. The second-order valence-electron chi connectivity index (χ2n) is 6.21. The van der Waals surface area contributed by atoms with Gasteiger partial charge >= 0.3 is 0 Å². The van der Waals surface area contributed by atoms with Gasteiger partial charge in [-0.05, 0) is 36.8 Å². The van der Waals surface area contributed by atoms with Crippen LogP contribution < -0.4 is 0 Å². The predicted molar refractivity (Wildman–Crippen MR) is 105 cm³/mol. The maximum Gasteiger partial charge on any atom is 0.276 e. The van der Waals surface area contributed by atoms with Crippen molar-refractivity contribution in [2.24, 2.45) is 0 Å². The summed E-state index contributed by atoms with van der Waals surface area (Å²) in [7, 11) is 1.70. The lowest BCUT2D eigenvalue weighted by atomic mass is 10.1. The van der Waals surface area contributed by atoms with E-state index in [0.29, 0.717) is 5.56 Å². The van der Waals surface area contributed by atoms with Crippen LogP contribution in [-0.2, 0) is 4.79 Å². The average Bonchev–Trinajstić information content (AvgIpc) is 3.26. The van der Waals surface area contributed by atoms with E-state index in [2.05, 4.69) is 10.1 Å². The smallest absolute Gasteiger partial charge is 0.276 e. The molecule has 0 aliphatic heterocycles. The van der Waals surface area contributed by atoms with E-state index in [1.165, 1.54) is 24.5 Å². The van der Waals surface area contributed by atoms with Crippen molar-refractivity contribution in [1.29, 1.82) is 0 Å². The minimum Gasteiger partial charge on any atom is -0.335 e. The topological polar surface area (TPSA) is 94.2 Å². The number of carbonyl (C=O) groups excluding carboxylic acids is 1. The first-order valence-corrected chi connectivity index (χ1v) is 8.60. The number of hydrogen-bond acceptors (Lipinski definition) is 5. The zero-order valence-corrected chi connectivity index (χ0v) is 15.5. The van der Waals surface area contributed by atoms with Gasteiger partial charge in [0, 0.05) is 19.2 Å². The van der Waals surface area contributed by atoms with E-state index in [9.17, 15) is 14.9 Å². The van der Waals surface area contributed by atoms with E-state index in [1.54, 1.807) is 41.2 Å². The number of amides is 1. The van der Waals surface area contributed by atoms with Crippen LogP contribution >= 0.6 is 0 Å². The summed E-state index contributed by atoms with van der Waals surface area (Å²) >= 11 is 0. The van der Waals surface area contributed by atoms with Gasteiger partial charge in [0.25, 0.3) is 5.69 Å². The highest BCUT2D eigenvalue weighted by Crippen LogP contribution is 2.22. The van der Waals surface area contributed by atoms with Crippen LogP contribution in [0.4, 0.5) is 5.69 Å². The first-order chi connectivity index (χ1) is 13.5. The molecule has 8 heteroatoms. The minimum absolute atomic E-state index is 0.0362. The van der Waals surface area contributed by atoms with Crippen molar-refractivity contribution < 1.29 is 9.72 Å². The van der Waals surface area contributed by atoms with Crippen LogP contribution in [0.2, 0.25) is 0 Å². The molecule has 1 atom stereocenters. The second kappa shape index (κ2) is 8.26. The summed E-state index contributed by atoms with van der Waals surface area (Å²) in [6.07, 6.45) is 5.90. The monoisotopic (exact) mass is 377 g/mol. The van der Waals surface area contributed by atoms with Crippen LogP contribution in [0.3, 0.4) is 0 Å². The van der Waals surface area contributed by atoms with E-state index < -0.39 is 4.92 Å². The van der Waals surface area contributed by atoms with Crippen LogP contribution in [0.25, 0.3) is 11.8 Å². The van der Waals surface area contributed by atoms with Crippen LogP contribution in [0.1, 0.15) is 24.1 Å². The highest BCUT2D eigenvalue weighted by atomic mass is 16.6. The lowest BCUT2D eigenvalue weighted by Gasteiger charge is -2.24. The summed E-state index contributed by atoms with van der Waals surface area (Å²) in [4.78, 5) is 28.6. The summed E-state index contributed by atoms with van der Waals surface area (Å²) < 4.78 is 1.65. The van der Waals surface area contributed by atoms with Gasteiger partial charge in [0.1, 0.15) is 12.7 Å². The number of aromatic nitrogens is 3. The van der Waals surface area contributed by atoms with Gasteiger partial charge in [0.15, 0.2) is 0 Å². The molecule has 0 radical (unpaired) electrons. The summed E-state index contributed by atoms with van der Waals surface area (Å²) in [5, 5.41) is 15.2. The van der Waals surface area contributed by atoms with Gasteiger partial charge in [-0.1, -0.05) is 24.3 Å². The summed E-state index contributed by atoms with van der Waals surface area (Å²) in [6, 6.07) is 13.8. The van der Waals surface area contributed by atoms with E-state index in [1.807, 2.05) is 31.2 Å². The average molecular weight is 377 g/mol. The highest BCUT2D eigenvalue weighted by molar-refractivity contribution is 5.92. The highest BCUT2D eigenvalue weighted by Gasteiger charge is 2.16. The summed E-state index contributed by atoms with van der Waals surface area (Å²) in [6.45, 7) is 1.92. The quantitative estimate of drug-likeness (QED) is 0.373. The first kappa shape index (κ1) is 19.0. The second-order valence-corrected chi connectivity index (χ2v) is 6.21. The van der Waals surface area contributed by atoms with Crippen molar-refractivity contribution >= 4 is 17.7 Å². The molecule has 0 spiro atoms. The third kappa shape index (κ3) is 4.12. The Bertz CT molecular complexity index is 997. The normalized spacial score (nSPS) is 12.1. The van der Waals surface area contributed by atoms with E-state index in [4.69, 9.17) is 0 Å². The molecule has 3 rings (SSSR count). The standard InChI is InChI=1S/C20H19N5O3/c1-15(16-7-10-18(11-8-16)24-14-21-13-22-24)23(2)20(26)12-9-17-5-3-4-6-19(17)25(27)28/h3-15H,1-2H3/b12-9+. The van der Waals surface area contributed by atoms with E-state index in [-0.39, 0.29) is 17.6 Å². The fraction of sp³-hybridized carbons (Fsp3) is 0.150. The van der Waals surface area contributed by atoms with Gasteiger partial charge in [-0.3, -0.25) is 14.9 Å². The fourth-order valence-corrected chi connectivity index (χ4v) is 2.73. The number of nitrogens with zero attached hydrogens (tertiary/aromatic N) is 5. The van der Waals surface area contributed by atoms with Gasteiger partial charge in [-0.2, -0.15) is 5.10 Å². The molecule has 8 nitrogen and oxygen atoms in total. The molecule has 1 amide bonds. The molecule has 0 bridgehead atoms. The molecule has 2 aromatic carbocycles. The third-order valence-electron chi connectivity index (χ3n) is 4.53. The molecule has 1 heterocycles. The number of para-hydroxylation sites is 1. The fourth-order valence-electron chi connectivity index (χ4n) is 2.73. The molecule has 1 aromatic heterocycles. The van der Waals surface area contributed by atoms with Crippen molar-refractivity contribution in [3.63, 3.8) is 0 Å². The van der Waals surface area contributed by atoms with Gasteiger partial charge in [0.05, 0.1) is 22.2 Å². The molecule has 0 saturated carbocycles. The van der Waals surface area contributed by atoms with Gasteiger partial charge < -0.3 is 4.90 Å². The Balaban J connectivity index is 1.71. The number of rotatable bonds is 6. The Morgan fingerprint density at radius 2 is 1.93 bits per heavy atom. The first-order valence-electron chi connectivity index (χ1n) is 8.60. The Morgan fingerprint density at radius 1 is 1.21 bits per heavy atom. The molecule has 142 valence electrons. The number of carbonyl (C=O) groups is 1.